The molecule has 3 aromatic rings. The van der Waals surface area contributed by atoms with Crippen LogP contribution in [-0.2, 0) is 16.1 Å². The summed E-state index contributed by atoms with van der Waals surface area (Å²) in [6.07, 6.45) is 2.28. The number of aromatic nitrogens is 2. The number of primary amides is 1. The van der Waals surface area contributed by atoms with Gasteiger partial charge in [0.2, 0.25) is 5.91 Å². The number of anilines is 1. The van der Waals surface area contributed by atoms with Crippen LogP contribution >= 0.6 is 0 Å². The van der Waals surface area contributed by atoms with Gasteiger partial charge in [-0.15, -0.1) is 0 Å². The summed E-state index contributed by atoms with van der Waals surface area (Å²) in [6.45, 7) is 0.207. The van der Waals surface area contributed by atoms with Gasteiger partial charge in [-0.1, -0.05) is 12.1 Å². The van der Waals surface area contributed by atoms with Crippen molar-refractivity contribution in [3.8, 4) is 5.75 Å². The summed E-state index contributed by atoms with van der Waals surface area (Å²) in [7, 11) is 0. The highest BCUT2D eigenvalue weighted by molar-refractivity contribution is 5.90. The highest BCUT2D eigenvalue weighted by Crippen LogP contribution is 2.16. The van der Waals surface area contributed by atoms with Gasteiger partial charge >= 0.3 is 0 Å². The molecule has 0 spiro atoms. The van der Waals surface area contributed by atoms with E-state index in [0.717, 1.165) is 0 Å². The first-order valence-corrected chi connectivity index (χ1v) is 8.78. The lowest BCUT2D eigenvalue weighted by Crippen LogP contribution is -2.21. The van der Waals surface area contributed by atoms with E-state index in [1.807, 2.05) is 6.07 Å². The Labute approximate surface area is 160 Å². The molecule has 0 aliphatic rings. The lowest BCUT2D eigenvalue weighted by molar-refractivity contribution is -0.120. The molecule has 0 radical (unpaired) electrons. The number of fused-ring (bicyclic) bond motifs is 1. The van der Waals surface area contributed by atoms with Crippen LogP contribution in [0.2, 0.25) is 0 Å². The summed E-state index contributed by atoms with van der Waals surface area (Å²) in [5.41, 5.74) is 6.17. The van der Waals surface area contributed by atoms with Crippen LogP contribution in [0.25, 0.3) is 10.9 Å². The molecule has 0 aliphatic carbocycles. The van der Waals surface area contributed by atoms with Gasteiger partial charge in [0.1, 0.15) is 5.75 Å². The monoisotopic (exact) mass is 380 g/mol. The summed E-state index contributed by atoms with van der Waals surface area (Å²) in [6, 6.07) is 13.8. The van der Waals surface area contributed by atoms with Crippen LogP contribution in [0.3, 0.4) is 0 Å². The molecule has 0 saturated heterocycles. The molecule has 1 aromatic heterocycles. The van der Waals surface area contributed by atoms with Crippen LogP contribution in [-0.4, -0.2) is 28.0 Å². The number of rotatable bonds is 8. The first kappa shape index (κ1) is 19.1. The highest BCUT2D eigenvalue weighted by atomic mass is 16.5. The number of benzene rings is 2. The van der Waals surface area contributed by atoms with Crippen molar-refractivity contribution in [2.45, 2.75) is 19.4 Å². The molecule has 3 N–H and O–H groups in total. The lowest BCUT2D eigenvalue weighted by atomic mass is 10.2. The molecule has 0 fully saturated rings. The van der Waals surface area contributed by atoms with Crippen molar-refractivity contribution >= 4 is 28.4 Å². The standard InChI is InChI=1S/C20H20N4O4/c21-18(25)12-28-15-9-7-14(8-10-15)23-19(26)6-3-11-24-13-22-17-5-2-1-4-16(17)20(24)27/h1-2,4-5,7-10,13H,3,6,11-12H2,(H2,21,25)(H,23,26). The summed E-state index contributed by atoms with van der Waals surface area (Å²) in [4.78, 5) is 39.4. The molecular weight excluding hydrogens is 360 g/mol. The number of nitrogens with zero attached hydrogens (tertiary/aromatic N) is 2. The topological polar surface area (TPSA) is 116 Å². The van der Waals surface area contributed by atoms with Crippen molar-refractivity contribution in [1.29, 1.82) is 0 Å². The number of ether oxygens (including phenoxy) is 1. The van der Waals surface area contributed by atoms with Crippen molar-refractivity contribution in [2.75, 3.05) is 11.9 Å². The van der Waals surface area contributed by atoms with Gasteiger partial charge in [-0.05, 0) is 42.8 Å². The second-order valence-corrected chi connectivity index (χ2v) is 6.19. The SMILES string of the molecule is NC(=O)COc1ccc(NC(=O)CCCn2cnc3ccccc3c2=O)cc1. The van der Waals surface area contributed by atoms with E-state index in [-0.39, 0.29) is 24.5 Å². The number of aryl methyl sites for hydroxylation is 1. The first-order valence-electron chi connectivity index (χ1n) is 8.78. The maximum atomic E-state index is 12.4. The molecule has 2 aromatic carbocycles. The summed E-state index contributed by atoms with van der Waals surface area (Å²) < 4.78 is 6.67. The molecule has 8 nitrogen and oxygen atoms in total. The normalized spacial score (nSPS) is 10.6. The average Bonchev–Trinajstić information content (AvgIpc) is 2.69. The fourth-order valence-electron chi connectivity index (χ4n) is 2.69. The third-order valence-electron chi connectivity index (χ3n) is 4.05. The van der Waals surface area contributed by atoms with Crippen molar-refractivity contribution < 1.29 is 14.3 Å². The Hall–Kier alpha value is -3.68. The fourth-order valence-corrected chi connectivity index (χ4v) is 2.69. The van der Waals surface area contributed by atoms with Crippen LogP contribution < -0.4 is 21.3 Å². The van der Waals surface area contributed by atoms with Crippen LogP contribution in [0.1, 0.15) is 12.8 Å². The second-order valence-electron chi connectivity index (χ2n) is 6.19. The van der Waals surface area contributed by atoms with E-state index in [9.17, 15) is 14.4 Å². The van der Waals surface area contributed by atoms with Gasteiger partial charge in [-0.3, -0.25) is 19.0 Å². The predicted molar refractivity (Wildman–Crippen MR) is 105 cm³/mol. The van der Waals surface area contributed by atoms with Gasteiger partial charge in [0.05, 0.1) is 17.2 Å². The van der Waals surface area contributed by atoms with Crippen LogP contribution in [0, 0.1) is 0 Å². The number of nitrogens with one attached hydrogen (secondary N) is 1. The molecule has 144 valence electrons. The number of hydrogen-bond donors (Lipinski definition) is 2. The van der Waals surface area contributed by atoms with Crippen molar-refractivity contribution in [2.24, 2.45) is 5.73 Å². The van der Waals surface area contributed by atoms with Gasteiger partial charge in [-0.25, -0.2) is 4.98 Å². The van der Waals surface area contributed by atoms with Crippen molar-refractivity contribution in [1.82, 2.24) is 9.55 Å². The van der Waals surface area contributed by atoms with E-state index in [1.165, 1.54) is 10.9 Å². The van der Waals surface area contributed by atoms with Gasteiger partial charge in [0.15, 0.2) is 6.61 Å². The molecule has 0 aliphatic heterocycles. The maximum absolute atomic E-state index is 12.4. The van der Waals surface area contributed by atoms with Crippen molar-refractivity contribution in [3.05, 3.63) is 65.2 Å². The Morgan fingerprint density at radius 3 is 2.61 bits per heavy atom. The summed E-state index contributed by atoms with van der Waals surface area (Å²) in [5, 5.41) is 3.34. The minimum atomic E-state index is -0.557. The molecule has 0 saturated carbocycles. The summed E-state index contributed by atoms with van der Waals surface area (Å²) in [5.74, 6) is -0.231. The molecule has 28 heavy (non-hydrogen) atoms. The number of carbonyl (C=O) groups excluding carboxylic acids is 2. The molecule has 0 unspecified atom stereocenters. The van der Waals surface area contributed by atoms with Gasteiger partial charge in [0, 0.05) is 18.7 Å². The minimum absolute atomic E-state index is 0.113. The molecule has 3 rings (SSSR count). The largest absolute Gasteiger partial charge is 0.484 e. The van der Waals surface area contributed by atoms with E-state index in [0.29, 0.717) is 35.3 Å². The third kappa shape index (κ3) is 4.94. The average molecular weight is 380 g/mol. The Bertz CT molecular complexity index is 1040. The quantitative estimate of drug-likeness (QED) is 0.617. The maximum Gasteiger partial charge on any atom is 0.261 e. The van der Waals surface area contributed by atoms with E-state index in [4.69, 9.17) is 10.5 Å². The van der Waals surface area contributed by atoms with Crippen molar-refractivity contribution in [3.63, 3.8) is 0 Å². The van der Waals surface area contributed by atoms with Gasteiger partial charge in [0.25, 0.3) is 11.5 Å². The number of para-hydroxylation sites is 1. The Kier molecular flexibility index (Phi) is 6.01. The predicted octanol–water partition coefficient (Wildman–Crippen LogP) is 1.68. The van der Waals surface area contributed by atoms with Crippen LogP contribution in [0.5, 0.6) is 5.75 Å². The smallest absolute Gasteiger partial charge is 0.261 e. The van der Waals surface area contributed by atoms with E-state index in [2.05, 4.69) is 10.3 Å². The van der Waals surface area contributed by atoms with E-state index >= 15 is 0 Å². The Morgan fingerprint density at radius 2 is 1.86 bits per heavy atom. The first-order chi connectivity index (χ1) is 13.5. The van der Waals surface area contributed by atoms with Gasteiger partial charge < -0.3 is 15.8 Å². The second kappa shape index (κ2) is 8.81. The lowest BCUT2D eigenvalue weighted by Gasteiger charge is -2.08. The van der Waals surface area contributed by atoms with E-state index in [1.54, 1.807) is 42.5 Å². The van der Waals surface area contributed by atoms with Crippen LogP contribution in [0.15, 0.2) is 59.7 Å². The molecule has 8 heteroatoms. The molecule has 2 amide bonds. The molecule has 0 bridgehead atoms. The zero-order valence-corrected chi connectivity index (χ0v) is 15.1. The highest BCUT2D eigenvalue weighted by Gasteiger charge is 2.06. The van der Waals surface area contributed by atoms with Crippen LogP contribution in [0.4, 0.5) is 5.69 Å². The minimum Gasteiger partial charge on any atom is -0.484 e. The number of carbonyl (C=O) groups is 2. The fraction of sp³-hybridized carbons (Fsp3) is 0.200. The van der Waals surface area contributed by atoms with E-state index < -0.39 is 5.91 Å². The number of nitrogens with two attached hydrogens (primary N) is 1. The zero-order valence-electron chi connectivity index (χ0n) is 15.1. The third-order valence-corrected chi connectivity index (χ3v) is 4.05. The number of hydrogen-bond acceptors (Lipinski definition) is 5. The van der Waals surface area contributed by atoms with Gasteiger partial charge in [-0.2, -0.15) is 0 Å². The Balaban J connectivity index is 1.50. The Morgan fingerprint density at radius 1 is 1.11 bits per heavy atom. The molecule has 1 heterocycles. The zero-order chi connectivity index (χ0) is 19.9. The summed E-state index contributed by atoms with van der Waals surface area (Å²) >= 11 is 0. The molecular formula is C20H20N4O4. The number of amides is 2. The molecule has 0 atom stereocenters.